The molecule has 2 amide bonds. The number of ether oxygens (including phenoxy) is 1. The number of halogens is 1. The zero-order valence-corrected chi connectivity index (χ0v) is 11.9. The number of methoxy groups -OCH3 is 1. The van der Waals surface area contributed by atoms with Crippen molar-refractivity contribution in [1.29, 1.82) is 0 Å². The van der Waals surface area contributed by atoms with Crippen molar-refractivity contribution in [1.82, 2.24) is 10.9 Å². The van der Waals surface area contributed by atoms with Gasteiger partial charge >= 0.3 is 0 Å². The average Bonchev–Trinajstić information content (AvgIpc) is 2.54. The van der Waals surface area contributed by atoms with Crippen LogP contribution in [-0.2, 0) is 11.2 Å². The number of hydrogen-bond acceptors (Lipinski definition) is 3. The van der Waals surface area contributed by atoms with Crippen LogP contribution < -0.4 is 15.6 Å². The predicted molar refractivity (Wildman–Crippen MR) is 78.7 cm³/mol. The summed E-state index contributed by atoms with van der Waals surface area (Å²) in [4.78, 5) is 23.7. The molecule has 0 fully saturated rings. The maximum Gasteiger partial charge on any atom is 0.273 e. The van der Waals surface area contributed by atoms with Crippen LogP contribution in [0.15, 0.2) is 48.5 Å². The number of nitrogens with one attached hydrogen (secondary N) is 2. The Morgan fingerprint density at radius 2 is 1.73 bits per heavy atom. The van der Waals surface area contributed by atoms with Crippen LogP contribution in [0.4, 0.5) is 4.39 Å². The Kier molecular flexibility index (Phi) is 5.08. The van der Waals surface area contributed by atoms with Crippen LogP contribution in [0.5, 0.6) is 5.75 Å². The van der Waals surface area contributed by atoms with Crippen molar-refractivity contribution in [3.05, 3.63) is 65.5 Å². The molecule has 0 aromatic heterocycles. The highest BCUT2D eigenvalue weighted by molar-refractivity contribution is 5.97. The molecule has 2 aromatic rings. The fraction of sp³-hybridized carbons (Fsp3) is 0.125. The minimum atomic E-state index is -0.482. The molecule has 0 spiro atoms. The lowest BCUT2D eigenvalue weighted by molar-refractivity contribution is -0.121. The second-order valence-corrected chi connectivity index (χ2v) is 4.51. The molecule has 0 atom stereocenters. The van der Waals surface area contributed by atoms with Gasteiger partial charge in [-0.25, -0.2) is 4.39 Å². The van der Waals surface area contributed by atoms with Crippen LogP contribution in [0.25, 0.3) is 0 Å². The first kappa shape index (κ1) is 15.5. The van der Waals surface area contributed by atoms with Crippen molar-refractivity contribution >= 4 is 11.8 Å². The molecule has 22 heavy (non-hydrogen) atoms. The molecule has 0 aliphatic rings. The van der Waals surface area contributed by atoms with Gasteiger partial charge in [0.2, 0.25) is 5.91 Å². The highest BCUT2D eigenvalue weighted by Gasteiger charge is 2.12. The van der Waals surface area contributed by atoms with Gasteiger partial charge in [-0.05, 0) is 29.8 Å². The molecule has 114 valence electrons. The SMILES string of the molecule is COc1ccccc1C(=O)NNC(=O)Cc1ccc(F)cc1. The maximum absolute atomic E-state index is 12.8. The summed E-state index contributed by atoms with van der Waals surface area (Å²) >= 11 is 0. The molecule has 0 unspecified atom stereocenters. The van der Waals surface area contributed by atoms with E-state index in [1.807, 2.05) is 0 Å². The maximum atomic E-state index is 12.8. The first-order chi connectivity index (χ1) is 10.6. The van der Waals surface area contributed by atoms with E-state index in [0.29, 0.717) is 16.9 Å². The quantitative estimate of drug-likeness (QED) is 0.847. The van der Waals surface area contributed by atoms with Gasteiger partial charge in [-0.2, -0.15) is 0 Å². The number of carbonyl (C=O) groups is 2. The number of benzene rings is 2. The largest absolute Gasteiger partial charge is 0.496 e. The van der Waals surface area contributed by atoms with Gasteiger partial charge in [-0.1, -0.05) is 24.3 Å². The summed E-state index contributed by atoms with van der Waals surface area (Å²) in [7, 11) is 1.46. The van der Waals surface area contributed by atoms with Crippen molar-refractivity contribution in [3.8, 4) is 5.75 Å². The van der Waals surface area contributed by atoms with Crippen LogP contribution in [0, 0.1) is 5.82 Å². The van der Waals surface area contributed by atoms with Crippen molar-refractivity contribution in [2.45, 2.75) is 6.42 Å². The van der Waals surface area contributed by atoms with Crippen molar-refractivity contribution in [3.63, 3.8) is 0 Å². The van der Waals surface area contributed by atoms with E-state index in [2.05, 4.69) is 10.9 Å². The number of hydrogen-bond donors (Lipinski definition) is 2. The summed E-state index contributed by atoms with van der Waals surface area (Å²) in [6.07, 6.45) is 0.0342. The molecule has 0 aliphatic heterocycles. The van der Waals surface area contributed by atoms with Gasteiger partial charge in [0.25, 0.3) is 5.91 Å². The molecule has 0 aliphatic carbocycles. The summed E-state index contributed by atoms with van der Waals surface area (Å²) in [5.41, 5.74) is 5.58. The van der Waals surface area contributed by atoms with Gasteiger partial charge < -0.3 is 4.74 Å². The summed E-state index contributed by atoms with van der Waals surface area (Å²) in [6, 6.07) is 12.2. The molecule has 2 N–H and O–H groups in total. The van der Waals surface area contributed by atoms with E-state index in [1.54, 1.807) is 24.3 Å². The Bertz CT molecular complexity index is 671. The zero-order chi connectivity index (χ0) is 15.9. The van der Waals surface area contributed by atoms with Gasteiger partial charge in [0.15, 0.2) is 0 Å². The molecule has 0 saturated heterocycles. The molecular formula is C16H15FN2O3. The average molecular weight is 302 g/mol. The predicted octanol–water partition coefficient (Wildman–Crippen LogP) is 1.84. The molecule has 0 bridgehead atoms. The van der Waals surface area contributed by atoms with Gasteiger partial charge in [0, 0.05) is 0 Å². The Morgan fingerprint density at radius 1 is 1.05 bits per heavy atom. The van der Waals surface area contributed by atoms with Crippen LogP contribution in [0.3, 0.4) is 0 Å². The Labute approximate surface area is 127 Å². The summed E-state index contributed by atoms with van der Waals surface area (Å²) in [6.45, 7) is 0. The number of hydrazine groups is 1. The normalized spacial score (nSPS) is 9.91. The fourth-order valence-electron chi connectivity index (χ4n) is 1.86. The number of carbonyl (C=O) groups excluding carboxylic acids is 2. The van der Waals surface area contributed by atoms with E-state index in [0.717, 1.165) is 0 Å². The highest BCUT2D eigenvalue weighted by Crippen LogP contribution is 2.16. The third kappa shape index (κ3) is 4.05. The highest BCUT2D eigenvalue weighted by atomic mass is 19.1. The molecular weight excluding hydrogens is 287 g/mol. The number of rotatable bonds is 4. The topological polar surface area (TPSA) is 67.4 Å². The lowest BCUT2D eigenvalue weighted by Crippen LogP contribution is -2.42. The second-order valence-electron chi connectivity index (χ2n) is 4.51. The van der Waals surface area contributed by atoms with Crippen LogP contribution >= 0.6 is 0 Å². The van der Waals surface area contributed by atoms with Gasteiger partial charge in [0.1, 0.15) is 11.6 Å². The summed E-state index contributed by atoms with van der Waals surface area (Å²) in [5, 5.41) is 0. The Hall–Kier alpha value is -2.89. The fourth-order valence-corrected chi connectivity index (χ4v) is 1.86. The molecule has 0 saturated carbocycles. The van der Waals surface area contributed by atoms with Crippen LogP contribution in [-0.4, -0.2) is 18.9 Å². The molecule has 6 heteroatoms. The lowest BCUT2D eigenvalue weighted by atomic mass is 10.1. The third-order valence-electron chi connectivity index (χ3n) is 2.94. The molecule has 2 rings (SSSR count). The van der Waals surface area contributed by atoms with Crippen LogP contribution in [0.1, 0.15) is 15.9 Å². The van der Waals surface area contributed by atoms with Crippen molar-refractivity contribution in [2.24, 2.45) is 0 Å². The van der Waals surface area contributed by atoms with Gasteiger partial charge in [-0.3, -0.25) is 20.4 Å². The molecule has 5 nitrogen and oxygen atoms in total. The standard InChI is InChI=1S/C16H15FN2O3/c1-22-14-5-3-2-4-13(14)16(21)19-18-15(20)10-11-6-8-12(17)9-7-11/h2-9H,10H2,1H3,(H,18,20)(H,19,21). The first-order valence-electron chi connectivity index (χ1n) is 6.57. The van der Waals surface area contributed by atoms with E-state index >= 15 is 0 Å². The van der Waals surface area contributed by atoms with E-state index in [9.17, 15) is 14.0 Å². The smallest absolute Gasteiger partial charge is 0.273 e. The summed E-state index contributed by atoms with van der Waals surface area (Å²) < 4.78 is 17.8. The number of para-hydroxylation sites is 1. The zero-order valence-electron chi connectivity index (χ0n) is 11.9. The third-order valence-corrected chi connectivity index (χ3v) is 2.94. The monoisotopic (exact) mass is 302 g/mol. The Balaban J connectivity index is 1.90. The first-order valence-corrected chi connectivity index (χ1v) is 6.57. The van der Waals surface area contributed by atoms with E-state index < -0.39 is 11.8 Å². The molecule has 2 aromatic carbocycles. The van der Waals surface area contributed by atoms with Crippen molar-refractivity contribution < 1.29 is 18.7 Å². The van der Waals surface area contributed by atoms with E-state index in [1.165, 1.54) is 31.4 Å². The summed E-state index contributed by atoms with van der Waals surface area (Å²) in [5.74, 6) is -0.846. The molecule has 0 heterocycles. The Morgan fingerprint density at radius 3 is 2.41 bits per heavy atom. The van der Waals surface area contributed by atoms with E-state index in [-0.39, 0.29) is 12.2 Å². The van der Waals surface area contributed by atoms with Crippen LogP contribution in [0.2, 0.25) is 0 Å². The number of amides is 2. The minimum absolute atomic E-state index is 0.0342. The minimum Gasteiger partial charge on any atom is -0.496 e. The van der Waals surface area contributed by atoms with Gasteiger partial charge in [-0.15, -0.1) is 0 Å². The van der Waals surface area contributed by atoms with E-state index in [4.69, 9.17) is 4.74 Å². The van der Waals surface area contributed by atoms with Crippen molar-refractivity contribution in [2.75, 3.05) is 7.11 Å². The van der Waals surface area contributed by atoms with Gasteiger partial charge in [0.05, 0.1) is 19.1 Å². The second kappa shape index (κ2) is 7.21. The molecule has 0 radical (unpaired) electrons. The lowest BCUT2D eigenvalue weighted by Gasteiger charge is -2.10.